The van der Waals surface area contributed by atoms with Gasteiger partial charge in [-0.25, -0.2) is 4.79 Å². The number of hydrogen-bond donors (Lipinski definition) is 2. The maximum atomic E-state index is 12.1. The fourth-order valence-corrected chi connectivity index (χ4v) is 2.55. The molecule has 1 aromatic carbocycles. The highest BCUT2D eigenvalue weighted by Gasteiger charge is 2.27. The zero-order valence-electron chi connectivity index (χ0n) is 11.1. The maximum absolute atomic E-state index is 12.1. The Bertz CT molecular complexity index is 484. The Kier molecular flexibility index (Phi) is 4.20. The number of carboxylic acids is 1. The summed E-state index contributed by atoms with van der Waals surface area (Å²) in [5.74, 6) is -1.21. The standard InChI is InChI=1S/C15H19NO3/c1-2-13(15(18)19)16-14(17)12-8-7-10-5-3-4-6-11(10)9-12/h3-6,12-13H,2,7-9H2,1H3,(H,16,17)(H,18,19)/t12?,13-/m0/s1. The van der Waals surface area contributed by atoms with Crippen LogP contribution in [0.5, 0.6) is 0 Å². The number of carboxylic acid groups (broad SMARTS) is 1. The van der Waals surface area contributed by atoms with Crippen molar-refractivity contribution in [3.05, 3.63) is 35.4 Å². The van der Waals surface area contributed by atoms with Gasteiger partial charge in [-0.1, -0.05) is 31.2 Å². The van der Waals surface area contributed by atoms with E-state index in [-0.39, 0.29) is 11.8 Å². The third kappa shape index (κ3) is 3.13. The van der Waals surface area contributed by atoms with E-state index in [2.05, 4.69) is 11.4 Å². The van der Waals surface area contributed by atoms with Gasteiger partial charge in [-0.2, -0.15) is 0 Å². The molecule has 2 N–H and O–H groups in total. The van der Waals surface area contributed by atoms with Crippen molar-refractivity contribution < 1.29 is 14.7 Å². The Morgan fingerprint density at radius 1 is 1.37 bits per heavy atom. The molecule has 0 spiro atoms. The number of aryl methyl sites for hydroxylation is 1. The normalized spacial score (nSPS) is 19.3. The average molecular weight is 261 g/mol. The number of carbonyl (C=O) groups excluding carboxylic acids is 1. The van der Waals surface area contributed by atoms with Crippen LogP contribution in [0.15, 0.2) is 24.3 Å². The number of amides is 1. The third-order valence-corrected chi connectivity index (χ3v) is 3.74. The smallest absolute Gasteiger partial charge is 0.326 e. The molecule has 4 heteroatoms. The molecule has 2 atom stereocenters. The van der Waals surface area contributed by atoms with Gasteiger partial charge >= 0.3 is 5.97 Å². The van der Waals surface area contributed by atoms with E-state index >= 15 is 0 Å². The molecule has 19 heavy (non-hydrogen) atoms. The summed E-state index contributed by atoms with van der Waals surface area (Å²) in [5.41, 5.74) is 2.51. The van der Waals surface area contributed by atoms with E-state index in [1.807, 2.05) is 18.2 Å². The minimum absolute atomic E-state index is 0.108. The largest absolute Gasteiger partial charge is 0.480 e. The van der Waals surface area contributed by atoms with Gasteiger partial charge in [0.25, 0.3) is 0 Å². The van der Waals surface area contributed by atoms with Crippen LogP contribution < -0.4 is 5.32 Å². The maximum Gasteiger partial charge on any atom is 0.326 e. The van der Waals surface area contributed by atoms with Crippen LogP contribution in [0.2, 0.25) is 0 Å². The molecular weight excluding hydrogens is 242 g/mol. The number of nitrogens with one attached hydrogen (secondary N) is 1. The topological polar surface area (TPSA) is 66.4 Å². The highest BCUT2D eigenvalue weighted by atomic mass is 16.4. The average Bonchev–Trinajstić information content (AvgIpc) is 2.43. The quantitative estimate of drug-likeness (QED) is 0.868. The predicted octanol–water partition coefficient (Wildman–Crippen LogP) is 1.77. The van der Waals surface area contributed by atoms with Crippen molar-refractivity contribution in [1.82, 2.24) is 5.32 Å². The van der Waals surface area contributed by atoms with E-state index < -0.39 is 12.0 Å². The third-order valence-electron chi connectivity index (χ3n) is 3.74. The Labute approximate surface area is 112 Å². The summed E-state index contributed by atoms with van der Waals surface area (Å²) in [6, 6.07) is 7.35. The van der Waals surface area contributed by atoms with E-state index in [9.17, 15) is 9.59 Å². The lowest BCUT2D eigenvalue weighted by Crippen LogP contribution is -2.44. The highest BCUT2D eigenvalue weighted by Crippen LogP contribution is 2.25. The Balaban J connectivity index is 2.01. The summed E-state index contributed by atoms with van der Waals surface area (Å²) >= 11 is 0. The van der Waals surface area contributed by atoms with Gasteiger partial charge in [0.05, 0.1) is 0 Å². The molecule has 102 valence electrons. The van der Waals surface area contributed by atoms with Gasteiger partial charge in [-0.05, 0) is 36.8 Å². The molecule has 0 saturated carbocycles. The van der Waals surface area contributed by atoms with E-state index in [1.54, 1.807) is 6.92 Å². The Morgan fingerprint density at radius 2 is 2.05 bits per heavy atom. The van der Waals surface area contributed by atoms with E-state index in [4.69, 9.17) is 5.11 Å². The molecule has 0 saturated heterocycles. The molecular formula is C15H19NO3. The minimum Gasteiger partial charge on any atom is -0.480 e. The van der Waals surface area contributed by atoms with Gasteiger partial charge in [0.15, 0.2) is 0 Å². The fraction of sp³-hybridized carbons (Fsp3) is 0.467. The van der Waals surface area contributed by atoms with Crippen LogP contribution in [-0.4, -0.2) is 23.0 Å². The van der Waals surface area contributed by atoms with Crippen LogP contribution in [0.4, 0.5) is 0 Å². The molecule has 0 heterocycles. The lowest BCUT2D eigenvalue weighted by Gasteiger charge is -2.25. The first-order valence-corrected chi connectivity index (χ1v) is 6.71. The first-order valence-electron chi connectivity index (χ1n) is 6.71. The van der Waals surface area contributed by atoms with Crippen molar-refractivity contribution in [2.24, 2.45) is 5.92 Å². The highest BCUT2D eigenvalue weighted by molar-refractivity contribution is 5.85. The van der Waals surface area contributed by atoms with E-state index in [0.717, 1.165) is 12.8 Å². The lowest BCUT2D eigenvalue weighted by atomic mass is 9.83. The summed E-state index contributed by atoms with van der Waals surface area (Å²) in [4.78, 5) is 23.0. The molecule has 1 aliphatic rings. The summed E-state index contributed by atoms with van der Waals surface area (Å²) in [7, 11) is 0. The minimum atomic E-state index is -0.966. The second-order valence-corrected chi connectivity index (χ2v) is 5.02. The second-order valence-electron chi connectivity index (χ2n) is 5.02. The van der Waals surface area contributed by atoms with Crippen molar-refractivity contribution in [3.63, 3.8) is 0 Å². The van der Waals surface area contributed by atoms with Crippen LogP contribution in [-0.2, 0) is 22.4 Å². The Morgan fingerprint density at radius 3 is 2.68 bits per heavy atom. The lowest BCUT2D eigenvalue weighted by molar-refractivity contribution is -0.142. The van der Waals surface area contributed by atoms with Gasteiger partial charge in [0, 0.05) is 5.92 Å². The number of hydrogen-bond acceptors (Lipinski definition) is 2. The summed E-state index contributed by atoms with van der Waals surface area (Å²) < 4.78 is 0. The second kappa shape index (κ2) is 5.87. The van der Waals surface area contributed by atoms with Crippen molar-refractivity contribution in [3.8, 4) is 0 Å². The summed E-state index contributed by atoms with van der Waals surface area (Å²) in [6.45, 7) is 1.76. The van der Waals surface area contributed by atoms with Gasteiger partial charge < -0.3 is 10.4 Å². The number of fused-ring (bicyclic) bond motifs is 1. The fourth-order valence-electron chi connectivity index (χ4n) is 2.55. The van der Waals surface area contributed by atoms with E-state index in [1.165, 1.54) is 11.1 Å². The molecule has 0 fully saturated rings. The van der Waals surface area contributed by atoms with Gasteiger partial charge in [0.1, 0.15) is 6.04 Å². The van der Waals surface area contributed by atoms with Crippen LogP contribution in [0, 0.1) is 5.92 Å². The molecule has 0 radical (unpaired) electrons. The number of rotatable bonds is 4. The van der Waals surface area contributed by atoms with Gasteiger partial charge in [0.2, 0.25) is 5.91 Å². The number of aliphatic carboxylic acids is 1. The molecule has 1 aliphatic carbocycles. The molecule has 0 aliphatic heterocycles. The van der Waals surface area contributed by atoms with Gasteiger partial charge in [-0.15, -0.1) is 0 Å². The van der Waals surface area contributed by atoms with Crippen LogP contribution >= 0.6 is 0 Å². The SMILES string of the molecule is CC[C@H](NC(=O)C1CCc2ccccc2C1)C(=O)O. The zero-order valence-corrected chi connectivity index (χ0v) is 11.1. The van der Waals surface area contributed by atoms with Crippen molar-refractivity contribution in [1.29, 1.82) is 0 Å². The first-order chi connectivity index (χ1) is 9.11. The van der Waals surface area contributed by atoms with Crippen LogP contribution in [0.1, 0.15) is 30.9 Å². The van der Waals surface area contributed by atoms with E-state index in [0.29, 0.717) is 12.8 Å². The summed E-state index contributed by atoms with van der Waals surface area (Å²) in [6.07, 6.45) is 2.79. The van der Waals surface area contributed by atoms with Crippen LogP contribution in [0.3, 0.4) is 0 Å². The van der Waals surface area contributed by atoms with Crippen molar-refractivity contribution >= 4 is 11.9 Å². The molecule has 4 nitrogen and oxygen atoms in total. The van der Waals surface area contributed by atoms with Crippen LogP contribution in [0.25, 0.3) is 0 Å². The number of benzene rings is 1. The molecule has 1 unspecified atom stereocenters. The molecule has 1 amide bonds. The first kappa shape index (κ1) is 13.6. The Hall–Kier alpha value is -1.84. The predicted molar refractivity (Wildman–Crippen MR) is 71.8 cm³/mol. The molecule has 1 aromatic rings. The van der Waals surface area contributed by atoms with Crippen molar-refractivity contribution in [2.75, 3.05) is 0 Å². The zero-order chi connectivity index (χ0) is 13.8. The molecule has 0 aromatic heterocycles. The molecule has 0 bridgehead atoms. The van der Waals surface area contributed by atoms with Gasteiger partial charge in [-0.3, -0.25) is 4.79 Å². The number of carbonyl (C=O) groups is 2. The monoisotopic (exact) mass is 261 g/mol. The van der Waals surface area contributed by atoms with Crippen molar-refractivity contribution in [2.45, 2.75) is 38.6 Å². The summed E-state index contributed by atoms with van der Waals surface area (Å²) in [5, 5.41) is 11.6. The molecule has 2 rings (SSSR count).